The fourth-order valence-electron chi connectivity index (χ4n) is 2.37. The summed E-state index contributed by atoms with van der Waals surface area (Å²) in [6.07, 6.45) is 0. The lowest BCUT2D eigenvalue weighted by Crippen LogP contribution is -2.41. The predicted octanol–water partition coefficient (Wildman–Crippen LogP) is 2.09. The van der Waals surface area contributed by atoms with Crippen LogP contribution >= 0.6 is 23.1 Å². The minimum absolute atomic E-state index is 0.107. The fraction of sp³-hybridized carbons (Fsp3) is 0.353. The number of rotatable bonds is 6. The molecule has 0 radical (unpaired) electrons. The van der Waals surface area contributed by atoms with Gasteiger partial charge in [-0.05, 0) is 32.9 Å². The van der Waals surface area contributed by atoms with Crippen LogP contribution in [0.3, 0.4) is 0 Å². The van der Waals surface area contributed by atoms with Crippen LogP contribution in [0, 0.1) is 0 Å². The molecule has 148 valence electrons. The van der Waals surface area contributed by atoms with Gasteiger partial charge in [0.1, 0.15) is 6.54 Å². The Kier molecular flexibility index (Phi) is 5.84. The number of thioether (sulfide) groups is 1. The first-order chi connectivity index (χ1) is 13.2. The molecule has 0 aliphatic carbocycles. The van der Waals surface area contributed by atoms with Crippen LogP contribution in [0.5, 0.6) is 0 Å². The smallest absolute Gasteiger partial charge is 0.408 e. The van der Waals surface area contributed by atoms with E-state index in [1.165, 1.54) is 16.3 Å². The van der Waals surface area contributed by atoms with E-state index >= 15 is 0 Å². The molecule has 0 spiro atoms. The number of carbonyl (C=O) groups excluding carboxylic acids is 2. The van der Waals surface area contributed by atoms with E-state index in [4.69, 9.17) is 4.42 Å². The standard InChI is InChI=1S/C17H19N5O4S2/c1-17(2,3)19-13(24)9-27-15-21-20-14(28-15)18-12(23)8-22-10-6-4-5-7-11(10)26-16(22)25/h4-7H,8-9H2,1-3H3,(H,19,24)(H,18,20,23). The highest BCUT2D eigenvalue weighted by atomic mass is 32.2. The van der Waals surface area contributed by atoms with Crippen molar-refractivity contribution in [2.24, 2.45) is 0 Å². The van der Waals surface area contributed by atoms with Gasteiger partial charge in [0, 0.05) is 5.54 Å². The molecule has 3 rings (SSSR count). The zero-order valence-corrected chi connectivity index (χ0v) is 17.1. The topological polar surface area (TPSA) is 119 Å². The van der Waals surface area contributed by atoms with Crippen LogP contribution in [0.15, 0.2) is 37.8 Å². The van der Waals surface area contributed by atoms with E-state index in [-0.39, 0.29) is 23.7 Å². The van der Waals surface area contributed by atoms with Gasteiger partial charge in [-0.25, -0.2) is 4.79 Å². The molecule has 0 aliphatic rings. The van der Waals surface area contributed by atoms with E-state index in [0.717, 1.165) is 11.3 Å². The maximum Gasteiger partial charge on any atom is 0.420 e. The summed E-state index contributed by atoms with van der Waals surface area (Å²) in [5, 5.41) is 13.6. The van der Waals surface area contributed by atoms with Gasteiger partial charge in [-0.3, -0.25) is 19.5 Å². The number of anilines is 1. The average Bonchev–Trinajstić information content (AvgIpc) is 3.16. The molecular formula is C17H19N5O4S2. The molecule has 2 aromatic heterocycles. The van der Waals surface area contributed by atoms with Crippen molar-refractivity contribution in [3.8, 4) is 0 Å². The number of hydrogen-bond acceptors (Lipinski definition) is 8. The maximum absolute atomic E-state index is 12.3. The summed E-state index contributed by atoms with van der Waals surface area (Å²) in [5.74, 6) is -0.929. The molecule has 11 heteroatoms. The van der Waals surface area contributed by atoms with Gasteiger partial charge < -0.3 is 9.73 Å². The summed E-state index contributed by atoms with van der Waals surface area (Å²) in [5.41, 5.74) is 0.664. The Labute approximate surface area is 168 Å². The largest absolute Gasteiger partial charge is 0.420 e. The monoisotopic (exact) mass is 421 g/mol. The summed E-state index contributed by atoms with van der Waals surface area (Å²) < 4.78 is 6.91. The van der Waals surface area contributed by atoms with Gasteiger partial charge in [0.05, 0.1) is 11.3 Å². The number of para-hydroxylation sites is 2. The van der Waals surface area contributed by atoms with Gasteiger partial charge >= 0.3 is 5.76 Å². The number of nitrogens with zero attached hydrogens (tertiary/aromatic N) is 3. The molecule has 0 saturated heterocycles. The Morgan fingerprint density at radius 1 is 1.21 bits per heavy atom. The van der Waals surface area contributed by atoms with E-state index in [2.05, 4.69) is 20.8 Å². The Balaban J connectivity index is 1.57. The van der Waals surface area contributed by atoms with Crippen LogP contribution in [0.25, 0.3) is 11.1 Å². The van der Waals surface area contributed by atoms with E-state index in [0.29, 0.717) is 20.6 Å². The summed E-state index contributed by atoms with van der Waals surface area (Å²) in [6, 6.07) is 6.87. The van der Waals surface area contributed by atoms with Crippen LogP contribution in [-0.2, 0) is 16.1 Å². The number of aromatic nitrogens is 3. The highest BCUT2D eigenvalue weighted by molar-refractivity contribution is 8.01. The van der Waals surface area contributed by atoms with Gasteiger partial charge in [0.15, 0.2) is 9.92 Å². The van der Waals surface area contributed by atoms with Gasteiger partial charge in [-0.2, -0.15) is 0 Å². The molecule has 0 saturated carbocycles. The van der Waals surface area contributed by atoms with E-state index < -0.39 is 11.7 Å². The second kappa shape index (κ2) is 8.15. The number of nitrogens with one attached hydrogen (secondary N) is 2. The number of oxazole rings is 1. The van der Waals surface area contributed by atoms with Crippen LogP contribution < -0.4 is 16.4 Å². The lowest BCUT2D eigenvalue weighted by atomic mass is 10.1. The molecule has 9 nitrogen and oxygen atoms in total. The number of hydrogen-bond donors (Lipinski definition) is 2. The van der Waals surface area contributed by atoms with Crippen molar-refractivity contribution in [2.75, 3.05) is 11.1 Å². The second-order valence-electron chi connectivity index (χ2n) is 6.93. The highest BCUT2D eigenvalue weighted by Crippen LogP contribution is 2.25. The van der Waals surface area contributed by atoms with Gasteiger partial charge in [-0.15, -0.1) is 10.2 Å². The predicted molar refractivity (Wildman–Crippen MR) is 108 cm³/mol. The number of amides is 2. The van der Waals surface area contributed by atoms with Crippen molar-refractivity contribution in [1.82, 2.24) is 20.1 Å². The quantitative estimate of drug-likeness (QED) is 0.462. The molecule has 0 unspecified atom stereocenters. The zero-order chi connectivity index (χ0) is 20.3. The lowest BCUT2D eigenvalue weighted by molar-refractivity contribution is -0.120. The summed E-state index contributed by atoms with van der Waals surface area (Å²) in [6.45, 7) is 5.51. The zero-order valence-electron chi connectivity index (χ0n) is 15.5. The van der Waals surface area contributed by atoms with E-state index in [1.54, 1.807) is 24.3 Å². The second-order valence-corrected chi connectivity index (χ2v) is 9.13. The van der Waals surface area contributed by atoms with Crippen molar-refractivity contribution in [1.29, 1.82) is 0 Å². The van der Waals surface area contributed by atoms with E-state index in [9.17, 15) is 14.4 Å². The van der Waals surface area contributed by atoms with Crippen LogP contribution in [-0.4, -0.2) is 37.9 Å². The minimum Gasteiger partial charge on any atom is -0.408 e. The van der Waals surface area contributed by atoms with Gasteiger partial charge in [-0.1, -0.05) is 35.2 Å². The van der Waals surface area contributed by atoms with Crippen LogP contribution in [0.1, 0.15) is 20.8 Å². The normalized spacial score (nSPS) is 11.5. The maximum atomic E-state index is 12.3. The molecule has 2 amide bonds. The molecule has 2 heterocycles. The number of carbonyl (C=O) groups is 2. The molecule has 0 aliphatic heterocycles. The third kappa shape index (κ3) is 5.20. The van der Waals surface area contributed by atoms with Crippen molar-refractivity contribution in [3.05, 3.63) is 34.8 Å². The first kappa shape index (κ1) is 20.1. The molecule has 0 fully saturated rings. The Bertz CT molecular complexity index is 1060. The van der Waals surface area contributed by atoms with Crippen molar-refractivity contribution >= 4 is 51.1 Å². The highest BCUT2D eigenvalue weighted by Gasteiger charge is 2.16. The molecule has 28 heavy (non-hydrogen) atoms. The molecule has 3 aromatic rings. The Hall–Kier alpha value is -2.66. The summed E-state index contributed by atoms with van der Waals surface area (Å²) in [4.78, 5) is 36.0. The number of benzene rings is 1. The van der Waals surface area contributed by atoms with Crippen molar-refractivity contribution in [2.45, 2.75) is 37.2 Å². The van der Waals surface area contributed by atoms with E-state index in [1.807, 2.05) is 20.8 Å². The fourth-order valence-corrected chi connectivity index (χ4v) is 3.93. The van der Waals surface area contributed by atoms with Gasteiger partial charge in [0.25, 0.3) is 0 Å². The van der Waals surface area contributed by atoms with Crippen molar-refractivity contribution in [3.63, 3.8) is 0 Å². The lowest BCUT2D eigenvalue weighted by Gasteiger charge is -2.19. The third-order valence-corrected chi connectivity index (χ3v) is 5.34. The molecule has 0 atom stereocenters. The SMILES string of the molecule is CC(C)(C)NC(=O)CSc1nnc(NC(=O)Cn2c(=O)oc3ccccc32)s1. The Morgan fingerprint density at radius 3 is 2.71 bits per heavy atom. The first-order valence-corrected chi connectivity index (χ1v) is 10.2. The Morgan fingerprint density at radius 2 is 1.96 bits per heavy atom. The van der Waals surface area contributed by atoms with Crippen molar-refractivity contribution < 1.29 is 14.0 Å². The molecule has 2 N–H and O–H groups in total. The summed E-state index contributed by atoms with van der Waals surface area (Å²) >= 11 is 2.40. The first-order valence-electron chi connectivity index (χ1n) is 8.37. The minimum atomic E-state index is -0.602. The molecular weight excluding hydrogens is 402 g/mol. The summed E-state index contributed by atoms with van der Waals surface area (Å²) in [7, 11) is 0. The van der Waals surface area contributed by atoms with Crippen LogP contribution in [0.2, 0.25) is 0 Å². The average molecular weight is 422 g/mol. The van der Waals surface area contributed by atoms with Gasteiger partial charge in [0.2, 0.25) is 16.9 Å². The molecule has 1 aromatic carbocycles. The van der Waals surface area contributed by atoms with Crippen LogP contribution in [0.4, 0.5) is 5.13 Å². The third-order valence-electron chi connectivity index (χ3n) is 3.37. The molecule has 0 bridgehead atoms. The number of fused-ring (bicyclic) bond motifs is 1.